The number of amides is 2. The first-order chi connectivity index (χ1) is 8.43. The number of hydrogen-bond acceptors (Lipinski definition) is 3. The number of halogens is 2. The lowest BCUT2D eigenvalue weighted by Gasteiger charge is -2.13. The van der Waals surface area contributed by atoms with Crippen molar-refractivity contribution < 1.29 is 19.8 Å². The van der Waals surface area contributed by atoms with E-state index in [1.54, 1.807) is 18.2 Å². The van der Waals surface area contributed by atoms with Gasteiger partial charge in [0.2, 0.25) is 0 Å². The Morgan fingerprint density at radius 1 is 1.44 bits per heavy atom. The zero-order valence-electron chi connectivity index (χ0n) is 8.98. The van der Waals surface area contributed by atoms with Gasteiger partial charge in [-0.3, -0.25) is 0 Å². The Morgan fingerprint density at radius 2 is 2.11 bits per heavy atom. The molecule has 0 unspecified atom stereocenters. The largest absolute Gasteiger partial charge is 0.480 e. The van der Waals surface area contributed by atoms with E-state index >= 15 is 0 Å². The van der Waals surface area contributed by atoms with E-state index in [1.807, 2.05) is 0 Å². The molecule has 0 radical (unpaired) electrons. The van der Waals surface area contributed by atoms with E-state index in [9.17, 15) is 9.59 Å². The summed E-state index contributed by atoms with van der Waals surface area (Å²) in [7, 11) is 0. The van der Waals surface area contributed by atoms with E-state index < -0.39 is 24.6 Å². The lowest BCUT2D eigenvalue weighted by Crippen LogP contribution is -2.45. The first kappa shape index (κ1) is 15.0. The van der Waals surface area contributed by atoms with Gasteiger partial charge in [-0.05, 0) is 40.8 Å². The van der Waals surface area contributed by atoms with Crippen LogP contribution in [0.25, 0.3) is 0 Å². The summed E-state index contributed by atoms with van der Waals surface area (Å²) in [5.74, 6) is -1.32. The minimum atomic E-state index is -1.35. The molecule has 0 fully saturated rings. The minimum absolute atomic E-state index is 0.341. The molecule has 0 bridgehead atoms. The van der Waals surface area contributed by atoms with Crippen LogP contribution >= 0.6 is 34.2 Å². The molecular weight excluding hydrogens is 374 g/mol. The van der Waals surface area contributed by atoms with Gasteiger partial charge in [-0.1, -0.05) is 11.6 Å². The van der Waals surface area contributed by atoms with E-state index in [2.05, 4.69) is 33.2 Å². The van der Waals surface area contributed by atoms with Crippen molar-refractivity contribution in [2.24, 2.45) is 0 Å². The van der Waals surface area contributed by atoms with E-state index in [0.29, 0.717) is 10.7 Å². The maximum atomic E-state index is 11.5. The number of benzene rings is 1. The zero-order chi connectivity index (χ0) is 13.7. The van der Waals surface area contributed by atoms with Crippen molar-refractivity contribution in [3.8, 4) is 0 Å². The number of carboxylic acid groups (broad SMARTS) is 1. The number of anilines is 1. The standard InChI is InChI=1S/C10H10ClIN2O4/c11-6-3-5(12)1-2-7(6)13-10(18)14-8(4-15)9(16)17/h1-3,8,15H,4H2,(H,16,17)(H2,13,14,18)/t8-/m0/s1. The summed E-state index contributed by atoms with van der Waals surface area (Å²) in [4.78, 5) is 22.1. The second-order valence-corrected chi connectivity index (χ2v) is 4.95. The highest BCUT2D eigenvalue weighted by Crippen LogP contribution is 2.23. The number of carboxylic acids is 1. The number of hydrogen-bond donors (Lipinski definition) is 4. The second-order valence-electron chi connectivity index (χ2n) is 3.30. The fraction of sp³-hybridized carbons (Fsp3) is 0.200. The molecule has 18 heavy (non-hydrogen) atoms. The summed E-state index contributed by atoms with van der Waals surface area (Å²) in [6.07, 6.45) is 0. The molecule has 8 heteroatoms. The number of rotatable bonds is 4. The van der Waals surface area contributed by atoms with Gasteiger partial charge in [0.1, 0.15) is 0 Å². The monoisotopic (exact) mass is 384 g/mol. The molecule has 0 aliphatic carbocycles. The van der Waals surface area contributed by atoms with Crippen molar-refractivity contribution in [2.75, 3.05) is 11.9 Å². The number of carbonyl (C=O) groups is 2. The number of aliphatic hydroxyl groups excluding tert-OH is 1. The molecule has 0 spiro atoms. The molecule has 1 aromatic carbocycles. The summed E-state index contributed by atoms with van der Waals surface area (Å²) in [6.45, 7) is -0.691. The van der Waals surface area contributed by atoms with Crippen LogP contribution in [-0.2, 0) is 4.79 Å². The lowest BCUT2D eigenvalue weighted by atomic mass is 10.3. The van der Waals surface area contributed by atoms with Gasteiger partial charge in [-0.25, -0.2) is 9.59 Å². The highest BCUT2D eigenvalue weighted by Gasteiger charge is 2.18. The maximum absolute atomic E-state index is 11.5. The Kier molecular flexibility index (Phi) is 5.63. The van der Waals surface area contributed by atoms with Gasteiger partial charge in [0.25, 0.3) is 0 Å². The molecule has 1 rings (SSSR count). The van der Waals surface area contributed by atoms with Crippen LogP contribution in [0.3, 0.4) is 0 Å². The first-order valence-electron chi connectivity index (χ1n) is 4.80. The Morgan fingerprint density at radius 3 is 2.61 bits per heavy atom. The van der Waals surface area contributed by atoms with Gasteiger partial charge in [0.05, 0.1) is 17.3 Å². The average Bonchev–Trinajstić information content (AvgIpc) is 2.29. The Bertz CT molecular complexity index is 469. The van der Waals surface area contributed by atoms with Gasteiger partial charge in [-0.2, -0.15) is 0 Å². The third-order valence-corrected chi connectivity index (χ3v) is 2.95. The molecular formula is C10H10ClIN2O4. The van der Waals surface area contributed by atoms with Crippen molar-refractivity contribution in [3.63, 3.8) is 0 Å². The molecule has 1 aromatic rings. The first-order valence-corrected chi connectivity index (χ1v) is 6.26. The fourth-order valence-corrected chi connectivity index (χ4v) is 2.00. The highest BCUT2D eigenvalue weighted by molar-refractivity contribution is 14.1. The second kappa shape index (κ2) is 6.76. The minimum Gasteiger partial charge on any atom is -0.480 e. The molecule has 0 aromatic heterocycles. The van der Waals surface area contributed by atoms with Gasteiger partial charge in [0, 0.05) is 3.57 Å². The van der Waals surface area contributed by atoms with E-state index in [4.69, 9.17) is 21.8 Å². The van der Waals surface area contributed by atoms with Gasteiger partial charge in [0.15, 0.2) is 6.04 Å². The van der Waals surface area contributed by atoms with Crippen LogP contribution in [0, 0.1) is 3.57 Å². The number of carbonyl (C=O) groups excluding carboxylic acids is 1. The Hall–Kier alpha value is -1.06. The SMILES string of the molecule is O=C(Nc1ccc(I)cc1Cl)N[C@@H](CO)C(=O)O. The normalized spacial score (nSPS) is 11.7. The molecule has 0 saturated heterocycles. The van der Waals surface area contributed by atoms with Crippen LogP contribution in [0.1, 0.15) is 0 Å². The van der Waals surface area contributed by atoms with Crippen LogP contribution in [-0.4, -0.2) is 34.9 Å². The quantitative estimate of drug-likeness (QED) is 0.592. The number of aliphatic carboxylic acids is 1. The highest BCUT2D eigenvalue weighted by atomic mass is 127. The van der Waals surface area contributed by atoms with Crippen molar-refractivity contribution in [3.05, 3.63) is 26.8 Å². The van der Waals surface area contributed by atoms with E-state index in [1.165, 1.54) is 0 Å². The third kappa shape index (κ3) is 4.31. The molecule has 6 nitrogen and oxygen atoms in total. The van der Waals surface area contributed by atoms with Gasteiger partial charge >= 0.3 is 12.0 Å². The molecule has 4 N–H and O–H groups in total. The number of urea groups is 1. The Balaban J connectivity index is 2.67. The van der Waals surface area contributed by atoms with Crippen LogP contribution < -0.4 is 10.6 Å². The van der Waals surface area contributed by atoms with Crippen LogP contribution in [0.15, 0.2) is 18.2 Å². The van der Waals surface area contributed by atoms with Crippen molar-refractivity contribution in [1.29, 1.82) is 0 Å². The molecule has 1 atom stereocenters. The summed E-state index contributed by atoms with van der Waals surface area (Å²) < 4.78 is 0.905. The molecule has 98 valence electrons. The van der Waals surface area contributed by atoms with E-state index in [-0.39, 0.29) is 0 Å². The lowest BCUT2D eigenvalue weighted by molar-refractivity contribution is -0.140. The van der Waals surface area contributed by atoms with Crippen molar-refractivity contribution in [2.45, 2.75) is 6.04 Å². The molecule has 0 saturated carbocycles. The van der Waals surface area contributed by atoms with Crippen molar-refractivity contribution >= 4 is 51.9 Å². The van der Waals surface area contributed by atoms with Gasteiger partial charge in [-0.15, -0.1) is 0 Å². The van der Waals surface area contributed by atoms with Crippen LogP contribution in [0.4, 0.5) is 10.5 Å². The zero-order valence-corrected chi connectivity index (χ0v) is 11.9. The maximum Gasteiger partial charge on any atom is 0.328 e. The summed E-state index contributed by atoms with van der Waals surface area (Å²) >= 11 is 7.96. The molecule has 0 aliphatic rings. The Labute approximate surface area is 121 Å². The third-order valence-electron chi connectivity index (χ3n) is 1.97. The average molecular weight is 385 g/mol. The predicted molar refractivity (Wildman–Crippen MR) is 74.8 cm³/mol. The van der Waals surface area contributed by atoms with E-state index in [0.717, 1.165) is 3.57 Å². The summed E-state index contributed by atoms with van der Waals surface area (Å²) in [5, 5.41) is 22.2. The molecule has 0 aliphatic heterocycles. The predicted octanol–water partition coefficient (Wildman–Crippen LogP) is 1.51. The van der Waals surface area contributed by atoms with Gasteiger partial charge < -0.3 is 20.8 Å². The number of aliphatic hydroxyl groups is 1. The fourth-order valence-electron chi connectivity index (χ4n) is 1.09. The topological polar surface area (TPSA) is 98.7 Å². The van der Waals surface area contributed by atoms with Crippen LogP contribution in [0.5, 0.6) is 0 Å². The van der Waals surface area contributed by atoms with Crippen LogP contribution in [0.2, 0.25) is 5.02 Å². The molecule has 0 heterocycles. The van der Waals surface area contributed by atoms with Crippen molar-refractivity contribution in [1.82, 2.24) is 5.32 Å². The summed E-state index contributed by atoms with van der Waals surface area (Å²) in [6, 6.07) is 2.88. The smallest absolute Gasteiger partial charge is 0.328 e. The summed E-state index contributed by atoms with van der Waals surface area (Å²) in [5.41, 5.74) is 0.358. The number of nitrogens with one attached hydrogen (secondary N) is 2. The molecule has 2 amide bonds.